The monoisotopic (exact) mass is 461 g/mol. The summed E-state index contributed by atoms with van der Waals surface area (Å²) in [5.74, 6) is 0. The molecule has 0 aromatic carbocycles. The van der Waals surface area contributed by atoms with Gasteiger partial charge in [-0.1, -0.05) is 168 Å². The minimum atomic E-state index is 0. The number of hydrogen-bond acceptors (Lipinski definition) is 0. The number of rotatable bonds is 23. The van der Waals surface area contributed by atoms with Crippen molar-refractivity contribution in [3.8, 4) is 0 Å². The summed E-state index contributed by atoms with van der Waals surface area (Å²) in [7, 11) is 6.25. The Kier molecular flexibility index (Phi) is 40.3. The van der Waals surface area contributed by atoms with Crippen molar-refractivity contribution in [2.45, 2.75) is 168 Å². The lowest BCUT2D eigenvalue weighted by molar-refractivity contribution is -0.836. The molecule has 0 fully saturated rings. The van der Waals surface area contributed by atoms with Crippen LogP contribution in [0.25, 0.3) is 0 Å². The zero-order valence-electron chi connectivity index (χ0n) is 22.8. The summed E-state index contributed by atoms with van der Waals surface area (Å²) in [6.45, 7) is 4.61. The summed E-state index contributed by atoms with van der Waals surface area (Å²) < 4.78 is 0. The molecule has 0 heterocycles. The van der Waals surface area contributed by atoms with E-state index in [9.17, 15) is 0 Å². The Labute approximate surface area is 206 Å². The Morgan fingerprint density at radius 1 is 0.290 bits per heavy atom. The van der Waals surface area contributed by atoms with Crippen LogP contribution < -0.4 is 17.3 Å². The average molecular weight is 462 g/mol. The first-order chi connectivity index (χ1) is 14.6. The molecule has 0 atom stereocenters. The summed E-state index contributed by atoms with van der Waals surface area (Å²) in [5, 5.41) is 0. The van der Waals surface area contributed by atoms with Crippen molar-refractivity contribution >= 4 is 0 Å². The molecule has 0 radical (unpaired) electrons. The number of unbranched alkanes of at least 4 members (excludes halogenated alkanes) is 23. The first-order valence-corrected chi connectivity index (χ1v) is 14.4. The van der Waals surface area contributed by atoms with E-state index in [1.807, 2.05) is 0 Å². The van der Waals surface area contributed by atoms with Crippen LogP contribution in [-0.2, 0) is 0 Å². The van der Waals surface area contributed by atoms with Gasteiger partial charge in [-0.25, -0.2) is 0 Å². The second-order valence-electron chi connectivity index (χ2n) is 10.3. The first-order valence-electron chi connectivity index (χ1n) is 14.4. The van der Waals surface area contributed by atoms with Gasteiger partial charge in [0, 0.05) is 0 Å². The molecule has 1 N–H and O–H groups in total. The van der Waals surface area contributed by atoms with E-state index in [0.29, 0.717) is 0 Å². The van der Waals surface area contributed by atoms with Crippen molar-refractivity contribution in [3.63, 3.8) is 0 Å². The van der Waals surface area contributed by atoms with Gasteiger partial charge >= 0.3 is 0 Å². The molecule has 0 aliphatic carbocycles. The lowest BCUT2D eigenvalue weighted by Crippen LogP contribution is -3.02. The standard InChI is InChI=1S/C26H54.C3H9N.ClH/c1-3-5-7-9-11-13-15-17-19-21-23-25-26-24-22-20-18-16-14-12-10-8-6-4-2;1-4(2)3;/h3-26H2,1-2H3;1-3H3;1H. The van der Waals surface area contributed by atoms with Gasteiger partial charge in [-0.2, -0.15) is 0 Å². The molecule has 0 unspecified atom stereocenters. The minimum absolute atomic E-state index is 0. The summed E-state index contributed by atoms with van der Waals surface area (Å²) in [6.07, 6.45) is 35.4. The fraction of sp³-hybridized carbons (Fsp3) is 1.00. The highest BCUT2D eigenvalue weighted by Crippen LogP contribution is 2.15. The van der Waals surface area contributed by atoms with Crippen LogP contribution in [0, 0.1) is 0 Å². The zero-order valence-corrected chi connectivity index (χ0v) is 23.6. The summed E-state index contributed by atoms with van der Waals surface area (Å²) >= 11 is 0. The van der Waals surface area contributed by atoms with Crippen LogP contribution in [0.15, 0.2) is 0 Å². The molecule has 0 saturated heterocycles. The smallest absolute Gasteiger partial charge is 0.0661 e. The predicted molar refractivity (Wildman–Crippen MR) is 141 cm³/mol. The van der Waals surface area contributed by atoms with Crippen LogP contribution in [0.1, 0.15) is 168 Å². The third kappa shape index (κ3) is 44.7. The number of halogens is 1. The molecular formula is C29H64ClN. The highest BCUT2D eigenvalue weighted by Gasteiger charge is 1.95. The lowest BCUT2D eigenvalue weighted by atomic mass is 10.0. The number of nitrogens with one attached hydrogen (secondary N) is 1. The third-order valence-electron chi connectivity index (χ3n) is 5.96. The van der Waals surface area contributed by atoms with Gasteiger partial charge in [-0.15, -0.1) is 0 Å². The number of quaternary nitrogens is 1. The molecule has 0 amide bonds. The molecule has 192 valence electrons. The molecular weight excluding hydrogens is 398 g/mol. The van der Waals surface area contributed by atoms with Crippen LogP contribution in [0.4, 0.5) is 0 Å². The highest BCUT2D eigenvalue weighted by atomic mass is 35.5. The molecule has 0 aliphatic heterocycles. The van der Waals surface area contributed by atoms with E-state index in [4.69, 9.17) is 0 Å². The average Bonchev–Trinajstić information content (AvgIpc) is 2.71. The maximum atomic E-state index is 2.30. The van der Waals surface area contributed by atoms with Crippen molar-refractivity contribution in [2.75, 3.05) is 21.1 Å². The van der Waals surface area contributed by atoms with Crippen molar-refractivity contribution in [1.82, 2.24) is 0 Å². The molecule has 0 aromatic heterocycles. The normalized spacial score (nSPS) is 10.6. The molecule has 0 aliphatic rings. The van der Waals surface area contributed by atoms with E-state index in [1.165, 1.54) is 159 Å². The van der Waals surface area contributed by atoms with Gasteiger partial charge in [-0.05, 0) is 0 Å². The van der Waals surface area contributed by atoms with Gasteiger partial charge in [0.15, 0.2) is 0 Å². The number of hydrogen-bond donors (Lipinski definition) is 1. The van der Waals surface area contributed by atoms with Gasteiger partial charge in [0.25, 0.3) is 0 Å². The fourth-order valence-electron chi connectivity index (χ4n) is 4.04. The van der Waals surface area contributed by atoms with Gasteiger partial charge in [0.1, 0.15) is 0 Å². The maximum absolute atomic E-state index is 2.30. The Balaban J connectivity index is -0.00000143. The second kappa shape index (κ2) is 34.9. The Bertz CT molecular complexity index is 241. The SMILES string of the molecule is CCCCCCCCCCCCCCCCCCCCCCCCCC.C[NH+](C)C.[Cl-]. The lowest BCUT2D eigenvalue weighted by Gasteiger charge is -2.04. The Morgan fingerprint density at radius 2 is 0.387 bits per heavy atom. The molecule has 0 saturated carbocycles. The molecule has 1 nitrogen and oxygen atoms in total. The molecule has 0 aromatic rings. The molecule has 0 rings (SSSR count). The Hall–Kier alpha value is 0.250. The van der Waals surface area contributed by atoms with E-state index in [1.54, 1.807) is 0 Å². The summed E-state index contributed by atoms with van der Waals surface area (Å²) in [4.78, 5) is 1.42. The van der Waals surface area contributed by atoms with E-state index in [2.05, 4.69) is 35.0 Å². The van der Waals surface area contributed by atoms with Crippen molar-refractivity contribution in [2.24, 2.45) is 0 Å². The Morgan fingerprint density at radius 3 is 0.484 bits per heavy atom. The van der Waals surface area contributed by atoms with Crippen LogP contribution in [0.3, 0.4) is 0 Å². The largest absolute Gasteiger partial charge is 1.00 e. The predicted octanol–water partition coefficient (Wildman–Crippen LogP) is 6.15. The zero-order chi connectivity index (χ0) is 22.5. The van der Waals surface area contributed by atoms with Crippen LogP contribution in [0.2, 0.25) is 0 Å². The van der Waals surface area contributed by atoms with Gasteiger partial charge in [0.05, 0.1) is 21.1 Å². The van der Waals surface area contributed by atoms with Crippen LogP contribution >= 0.6 is 0 Å². The quantitative estimate of drug-likeness (QED) is 0.174. The van der Waals surface area contributed by atoms with Crippen LogP contribution in [0.5, 0.6) is 0 Å². The van der Waals surface area contributed by atoms with E-state index >= 15 is 0 Å². The molecule has 0 spiro atoms. The topological polar surface area (TPSA) is 4.44 Å². The van der Waals surface area contributed by atoms with E-state index in [-0.39, 0.29) is 12.4 Å². The summed E-state index contributed by atoms with van der Waals surface area (Å²) in [6, 6.07) is 0. The fourth-order valence-corrected chi connectivity index (χ4v) is 4.04. The van der Waals surface area contributed by atoms with Crippen molar-refractivity contribution in [1.29, 1.82) is 0 Å². The second-order valence-corrected chi connectivity index (χ2v) is 10.3. The van der Waals surface area contributed by atoms with Gasteiger partial charge < -0.3 is 17.3 Å². The highest BCUT2D eigenvalue weighted by molar-refractivity contribution is 4.51. The molecule has 31 heavy (non-hydrogen) atoms. The first kappa shape index (κ1) is 35.8. The van der Waals surface area contributed by atoms with Gasteiger partial charge in [0.2, 0.25) is 0 Å². The van der Waals surface area contributed by atoms with Gasteiger partial charge in [-0.3, -0.25) is 0 Å². The van der Waals surface area contributed by atoms with Crippen molar-refractivity contribution < 1.29 is 17.3 Å². The minimum Gasteiger partial charge on any atom is -1.00 e. The maximum Gasteiger partial charge on any atom is 0.0661 e. The molecule has 2 heteroatoms. The van der Waals surface area contributed by atoms with Crippen LogP contribution in [-0.4, -0.2) is 21.1 Å². The summed E-state index contributed by atoms with van der Waals surface area (Å²) in [5.41, 5.74) is 0. The molecule has 0 bridgehead atoms. The third-order valence-corrected chi connectivity index (χ3v) is 5.96. The van der Waals surface area contributed by atoms with E-state index in [0.717, 1.165) is 0 Å². The van der Waals surface area contributed by atoms with E-state index < -0.39 is 0 Å². The van der Waals surface area contributed by atoms with Crippen molar-refractivity contribution in [3.05, 3.63) is 0 Å².